The van der Waals surface area contributed by atoms with E-state index < -0.39 is 15.6 Å². The van der Waals surface area contributed by atoms with Gasteiger partial charge in [0, 0.05) is 13.1 Å². The number of primary sulfonamides is 1. The molecule has 0 radical (unpaired) electrons. The van der Waals surface area contributed by atoms with Gasteiger partial charge in [0.15, 0.2) is 0 Å². The molecule has 5 N–H and O–H groups in total. The Morgan fingerprint density at radius 3 is 2.60 bits per heavy atom. The summed E-state index contributed by atoms with van der Waals surface area (Å²) in [5.41, 5.74) is 0.388. The van der Waals surface area contributed by atoms with E-state index in [9.17, 15) is 13.5 Å². The van der Waals surface area contributed by atoms with Crippen molar-refractivity contribution in [1.29, 1.82) is 0 Å². The number of rotatable bonds is 6. The number of benzene rings is 1. The van der Waals surface area contributed by atoms with E-state index >= 15 is 0 Å². The third-order valence-electron chi connectivity index (χ3n) is 3.52. The first-order valence-corrected chi connectivity index (χ1v) is 8.19. The molecule has 0 spiro atoms. The van der Waals surface area contributed by atoms with Crippen LogP contribution in [-0.4, -0.2) is 45.3 Å². The van der Waals surface area contributed by atoms with Crippen molar-refractivity contribution in [2.45, 2.75) is 23.3 Å². The minimum absolute atomic E-state index is 0.126. The number of hydrogen-bond acceptors (Lipinski definition) is 5. The first kappa shape index (κ1) is 15.4. The van der Waals surface area contributed by atoms with Crippen LogP contribution >= 0.6 is 0 Å². The summed E-state index contributed by atoms with van der Waals surface area (Å²) >= 11 is 0. The summed E-state index contributed by atoms with van der Waals surface area (Å²) in [6.45, 7) is 2.78. The lowest BCUT2D eigenvalue weighted by atomic mass is 10.0. The van der Waals surface area contributed by atoms with Crippen LogP contribution in [0.2, 0.25) is 0 Å². The highest BCUT2D eigenvalue weighted by Gasteiger charge is 2.30. The van der Waals surface area contributed by atoms with Crippen molar-refractivity contribution >= 4 is 10.0 Å². The van der Waals surface area contributed by atoms with Crippen LogP contribution in [-0.2, 0) is 16.4 Å². The number of sulfonamides is 1. The molecule has 0 aliphatic carbocycles. The molecule has 1 atom stereocenters. The van der Waals surface area contributed by atoms with Crippen LogP contribution in [0, 0.1) is 0 Å². The van der Waals surface area contributed by atoms with Gasteiger partial charge in [0.25, 0.3) is 0 Å². The van der Waals surface area contributed by atoms with Gasteiger partial charge in [-0.3, -0.25) is 0 Å². The summed E-state index contributed by atoms with van der Waals surface area (Å²) in [5.74, 6) is 0. The molecule has 0 aromatic heterocycles. The maximum atomic E-state index is 11.1. The monoisotopic (exact) mass is 299 g/mol. The molecular weight excluding hydrogens is 278 g/mol. The Bertz CT molecular complexity index is 536. The molecule has 112 valence electrons. The third-order valence-corrected chi connectivity index (χ3v) is 4.45. The Labute approximate surface area is 119 Å². The van der Waals surface area contributed by atoms with E-state index in [2.05, 4.69) is 10.6 Å². The van der Waals surface area contributed by atoms with Crippen molar-refractivity contribution in [2.75, 3.05) is 26.2 Å². The Balaban J connectivity index is 1.77. The zero-order chi connectivity index (χ0) is 14.6. The Hall–Kier alpha value is -0.990. The summed E-state index contributed by atoms with van der Waals surface area (Å²) in [6.07, 6.45) is 1.54. The fraction of sp³-hybridized carbons (Fsp3) is 0.538. The molecule has 1 saturated heterocycles. The van der Waals surface area contributed by atoms with Crippen molar-refractivity contribution < 1.29 is 13.5 Å². The molecule has 1 fully saturated rings. The molecule has 1 aliphatic rings. The predicted octanol–water partition coefficient (Wildman–Crippen LogP) is -0.809. The highest BCUT2D eigenvalue weighted by Crippen LogP contribution is 2.12. The summed E-state index contributed by atoms with van der Waals surface area (Å²) < 4.78 is 22.2. The van der Waals surface area contributed by atoms with Gasteiger partial charge in [-0.15, -0.1) is 0 Å². The van der Waals surface area contributed by atoms with Gasteiger partial charge in [-0.25, -0.2) is 13.6 Å². The molecule has 20 heavy (non-hydrogen) atoms. The minimum atomic E-state index is -3.62. The predicted molar refractivity (Wildman–Crippen MR) is 76.8 cm³/mol. The lowest BCUT2D eigenvalue weighted by Gasteiger charge is -2.21. The molecule has 1 heterocycles. The molecule has 1 aromatic carbocycles. The zero-order valence-corrected chi connectivity index (χ0v) is 12.1. The molecule has 1 aliphatic heterocycles. The van der Waals surface area contributed by atoms with Gasteiger partial charge in [-0.2, -0.15) is 0 Å². The molecule has 0 saturated carbocycles. The van der Waals surface area contributed by atoms with E-state index in [0.29, 0.717) is 13.1 Å². The van der Waals surface area contributed by atoms with Crippen molar-refractivity contribution in [1.82, 2.24) is 10.6 Å². The second-order valence-corrected chi connectivity index (χ2v) is 6.83. The lowest BCUT2D eigenvalue weighted by Crippen LogP contribution is -2.42. The van der Waals surface area contributed by atoms with Crippen LogP contribution in [0.5, 0.6) is 0 Å². The van der Waals surface area contributed by atoms with Crippen molar-refractivity contribution in [3.63, 3.8) is 0 Å². The summed E-state index contributed by atoms with van der Waals surface area (Å²) in [5, 5.41) is 21.5. The quantitative estimate of drug-likeness (QED) is 0.514. The number of nitrogens with one attached hydrogen (secondary N) is 2. The Morgan fingerprint density at radius 2 is 2.05 bits per heavy atom. The Morgan fingerprint density at radius 1 is 1.35 bits per heavy atom. The normalized spacial score (nSPS) is 23.1. The van der Waals surface area contributed by atoms with Crippen LogP contribution in [0.15, 0.2) is 29.2 Å². The highest BCUT2D eigenvalue weighted by molar-refractivity contribution is 7.89. The van der Waals surface area contributed by atoms with Crippen LogP contribution in [0.25, 0.3) is 0 Å². The largest absolute Gasteiger partial charge is 0.387 e. The number of β-amino-alcohol motifs (C(OH)–C–C–N with tert-alkyl or cyclic N) is 1. The van der Waals surface area contributed by atoms with Crippen LogP contribution in [0.4, 0.5) is 0 Å². The van der Waals surface area contributed by atoms with Gasteiger partial charge in [0.05, 0.1) is 10.5 Å². The SMILES string of the molecule is NS(=O)(=O)c1ccc(CCNC[C@]2(O)CCNC2)cc1. The van der Waals surface area contributed by atoms with Gasteiger partial charge in [-0.1, -0.05) is 12.1 Å². The number of nitrogens with two attached hydrogens (primary N) is 1. The minimum Gasteiger partial charge on any atom is -0.387 e. The smallest absolute Gasteiger partial charge is 0.238 e. The van der Waals surface area contributed by atoms with E-state index in [4.69, 9.17) is 5.14 Å². The van der Waals surface area contributed by atoms with Gasteiger partial charge in [0.1, 0.15) is 0 Å². The van der Waals surface area contributed by atoms with Crippen LogP contribution in [0.3, 0.4) is 0 Å². The molecule has 7 heteroatoms. The first-order chi connectivity index (χ1) is 9.39. The van der Waals surface area contributed by atoms with Crippen LogP contribution in [0.1, 0.15) is 12.0 Å². The standard InChI is InChI=1S/C13H21N3O3S/c14-20(18,19)12-3-1-11(2-4-12)5-7-15-9-13(17)6-8-16-10-13/h1-4,15-17H,5-10H2,(H2,14,18,19)/t13-/m1/s1. The third kappa shape index (κ3) is 4.26. The zero-order valence-electron chi connectivity index (χ0n) is 11.3. The average molecular weight is 299 g/mol. The van der Waals surface area contributed by atoms with Crippen molar-refractivity contribution in [3.8, 4) is 0 Å². The second-order valence-electron chi connectivity index (χ2n) is 5.27. The lowest BCUT2D eigenvalue weighted by molar-refractivity contribution is 0.0615. The average Bonchev–Trinajstić information content (AvgIpc) is 2.82. The van der Waals surface area contributed by atoms with Gasteiger partial charge < -0.3 is 15.7 Å². The van der Waals surface area contributed by atoms with Gasteiger partial charge >= 0.3 is 0 Å². The van der Waals surface area contributed by atoms with Crippen molar-refractivity contribution in [3.05, 3.63) is 29.8 Å². The fourth-order valence-electron chi connectivity index (χ4n) is 2.28. The van der Waals surface area contributed by atoms with Gasteiger partial charge in [0.2, 0.25) is 10.0 Å². The summed E-state index contributed by atoms with van der Waals surface area (Å²) in [6, 6.07) is 6.54. The number of aliphatic hydroxyl groups is 1. The number of hydrogen-bond donors (Lipinski definition) is 4. The molecule has 1 aromatic rings. The summed E-state index contributed by atoms with van der Waals surface area (Å²) in [4.78, 5) is 0.126. The molecule has 0 bridgehead atoms. The molecule has 2 rings (SSSR count). The molecule has 6 nitrogen and oxygen atoms in total. The Kier molecular flexibility index (Phi) is 4.77. The molecular formula is C13H21N3O3S. The van der Waals surface area contributed by atoms with E-state index in [-0.39, 0.29) is 4.90 Å². The highest BCUT2D eigenvalue weighted by atomic mass is 32.2. The van der Waals surface area contributed by atoms with Crippen molar-refractivity contribution in [2.24, 2.45) is 5.14 Å². The molecule has 0 unspecified atom stereocenters. The topological polar surface area (TPSA) is 104 Å². The van der Waals surface area contributed by atoms with E-state index in [1.165, 1.54) is 12.1 Å². The van der Waals surface area contributed by atoms with E-state index in [0.717, 1.165) is 31.5 Å². The van der Waals surface area contributed by atoms with E-state index in [1.54, 1.807) is 12.1 Å². The van der Waals surface area contributed by atoms with Crippen LogP contribution < -0.4 is 15.8 Å². The summed E-state index contributed by atoms with van der Waals surface area (Å²) in [7, 11) is -3.62. The molecule has 0 amide bonds. The van der Waals surface area contributed by atoms with Gasteiger partial charge in [-0.05, 0) is 43.6 Å². The fourth-order valence-corrected chi connectivity index (χ4v) is 2.80. The van der Waals surface area contributed by atoms with E-state index in [1.807, 2.05) is 0 Å². The second kappa shape index (κ2) is 6.19. The maximum absolute atomic E-state index is 11.1. The first-order valence-electron chi connectivity index (χ1n) is 6.65. The maximum Gasteiger partial charge on any atom is 0.238 e.